The minimum atomic E-state index is -3.83. The van der Waals surface area contributed by atoms with Crippen molar-refractivity contribution in [3.05, 3.63) is 40.5 Å². The van der Waals surface area contributed by atoms with Gasteiger partial charge in [0.2, 0.25) is 6.23 Å². The molecule has 3 rings (SSSR count). The summed E-state index contributed by atoms with van der Waals surface area (Å²) in [5.74, 6) is -4.43. The van der Waals surface area contributed by atoms with Gasteiger partial charge in [-0.1, -0.05) is 0 Å². The van der Waals surface area contributed by atoms with E-state index in [0.29, 0.717) is 4.57 Å². The zero-order valence-corrected chi connectivity index (χ0v) is 13.9. The highest BCUT2D eigenvalue weighted by atomic mass is 19.3. The van der Waals surface area contributed by atoms with Crippen LogP contribution in [0.15, 0.2) is 23.3 Å². The highest BCUT2D eigenvalue weighted by Gasteiger charge is 2.59. The molecule has 4 N–H and O–H groups in total. The Labute approximate surface area is 150 Å². The van der Waals surface area contributed by atoms with Crippen LogP contribution in [0.3, 0.4) is 0 Å². The van der Waals surface area contributed by atoms with Crippen LogP contribution < -0.4 is 11.4 Å². The molecule has 10 nitrogen and oxygen atoms in total. The smallest absolute Gasteiger partial charge is 0.350 e. The molecular formula is C15H15F2N5O5. The highest BCUT2D eigenvalue weighted by molar-refractivity contribution is 5.97. The molecule has 2 aromatic heterocycles. The molecule has 1 saturated heterocycles. The Morgan fingerprint density at radius 3 is 2.70 bits per heavy atom. The number of ether oxygens (including phenoxy) is 1. The van der Waals surface area contributed by atoms with Crippen molar-refractivity contribution in [2.75, 3.05) is 6.61 Å². The molecule has 1 aliphatic rings. The first-order valence-electron chi connectivity index (χ1n) is 7.72. The Morgan fingerprint density at radius 1 is 1.44 bits per heavy atom. The van der Waals surface area contributed by atoms with Crippen LogP contribution in [-0.4, -0.2) is 60.4 Å². The fourth-order valence-electron chi connectivity index (χ4n) is 2.70. The minimum absolute atomic E-state index is 0.0504. The number of nitrogens with zero attached hydrogens (tertiary/aromatic N) is 4. The molecule has 3 atom stereocenters. The first-order chi connectivity index (χ1) is 12.7. The summed E-state index contributed by atoms with van der Waals surface area (Å²) >= 11 is 0. The van der Waals surface area contributed by atoms with E-state index < -0.39 is 42.6 Å². The summed E-state index contributed by atoms with van der Waals surface area (Å²) in [5.41, 5.74) is 3.97. The van der Waals surface area contributed by atoms with Crippen molar-refractivity contribution in [3.63, 3.8) is 0 Å². The fourth-order valence-corrected chi connectivity index (χ4v) is 2.70. The van der Waals surface area contributed by atoms with Gasteiger partial charge in [0, 0.05) is 12.4 Å². The molecule has 0 aromatic carbocycles. The van der Waals surface area contributed by atoms with Gasteiger partial charge in [-0.25, -0.2) is 14.8 Å². The lowest BCUT2D eigenvalue weighted by Crippen LogP contribution is -2.41. The molecule has 2 aromatic rings. The molecule has 1 fully saturated rings. The number of hydrogen-bond acceptors (Lipinski definition) is 8. The number of amides is 1. The first-order valence-corrected chi connectivity index (χ1v) is 7.72. The lowest BCUT2D eigenvalue weighted by molar-refractivity contribution is -0.140. The summed E-state index contributed by atoms with van der Waals surface area (Å²) in [6.45, 7) is 0.681. The van der Waals surface area contributed by atoms with Gasteiger partial charge in [-0.2, -0.15) is 13.8 Å². The molecular weight excluding hydrogens is 368 g/mol. The zero-order valence-electron chi connectivity index (χ0n) is 13.9. The van der Waals surface area contributed by atoms with E-state index >= 15 is 0 Å². The molecule has 0 spiro atoms. The van der Waals surface area contributed by atoms with Gasteiger partial charge in [0.15, 0.2) is 6.10 Å². The predicted octanol–water partition coefficient (Wildman–Crippen LogP) is -1.01. The van der Waals surface area contributed by atoms with Crippen LogP contribution in [0, 0.1) is 6.92 Å². The highest BCUT2D eigenvalue weighted by Crippen LogP contribution is 2.42. The van der Waals surface area contributed by atoms with E-state index in [4.69, 9.17) is 15.6 Å². The van der Waals surface area contributed by atoms with Crippen LogP contribution >= 0.6 is 0 Å². The lowest BCUT2D eigenvalue weighted by atomic mass is 10.1. The van der Waals surface area contributed by atoms with Crippen molar-refractivity contribution in [2.45, 2.75) is 31.3 Å². The summed E-state index contributed by atoms with van der Waals surface area (Å²) < 4.78 is 33.8. The molecule has 0 unspecified atom stereocenters. The fraction of sp³-hybridized carbons (Fsp3) is 0.400. The van der Waals surface area contributed by atoms with Crippen molar-refractivity contribution < 1.29 is 28.5 Å². The maximum absolute atomic E-state index is 14.2. The van der Waals surface area contributed by atoms with Crippen molar-refractivity contribution in [1.29, 1.82) is 0 Å². The van der Waals surface area contributed by atoms with Gasteiger partial charge in [-0.05, 0) is 13.0 Å². The number of aliphatic hydroxyl groups excluding tert-OH is 2. The Balaban J connectivity index is 2.04. The molecule has 0 aliphatic carbocycles. The van der Waals surface area contributed by atoms with Crippen LogP contribution in [0.25, 0.3) is 11.3 Å². The van der Waals surface area contributed by atoms with Gasteiger partial charge in [0.25, 0.3) is 5.91 Å². The van der Waals surface area contributed by atoms with E-state index in [1.807, 2.05) is 0 Å². The molecule has 12 heteroatoms. The molecule has 3 heterocycles. The summed E-state index contributed by atoms with van der Waals surface area (Å²) in [6, 6.07) is 1.18. The molecule has 1 amide bonds. The average Bonchev–Trinajstić information content (AvgIpc) is 2.84. The Morgan fingerprint density at radius 2 is 2.15 bits per heavy atom. The Hall–Kier alpha value is -2.83. The van der Waals surface area contributed by atoms with E-state index in [9.17, 15) is 23.5 Å². The van der Waals surface area contributed by atoms with Crippen molar-refractivity contribution >= 4 is 5.91 Å². The second-order valence-electron chi connectivity index (χ2n) is 5.88. The molecule has 0 radical (unpaired) electrons. The van der Waals surface area contributed by atoms with Crippen LogP contribution in [0.1, 0.15) is 22.5 Å². The van der Waals surface area contributed by atoms with Crippen LogP contribution in [0.5, 0.6) is 0 Å². The second kappa shape index (κ2) is 6.72. The number of carbonyl (C=O) groups is 1. The Bertz CT molecular complexity index is 950. The zero-order chi connectivity index (χ0) is 19.9. The first kappa shape index (κ1) is 18.9. The number of aryl methyl sites for hydroxylation is 1. The van der Waals surface area contributed by atoms with Gasteiger partial charge in [-0.15, -0.1) is 0 Å². The number of hydrogen-bond donors (Lipinski definition) is 3. The topological polar surface area (TPSA) is 153 Å². The maximum Gasteiger partial charge on any atom is 0.350 e. The second-order valence-corrected chi connectivity index (χ2v) is 5.88. The number of aromatic nitrogens is 4. The Kier molecular flexibility index (Phi) is 4.71. The molecule has 0 bridgehead atoms. The number of primary amides is 1. The lowest BCUT2D eigenvalue weighted by Gasteiger charge is -2.21. The summed E-state index contributed by atoms with van der Waals surface area (Å²) in [5, 5.41) is 18.6. The maximum atomic E-state index is 14.2. The molecule has 27 heavy (non-hydrogen) atoms. The third kappa shape index (κ3) is 3.18. The SMILES string of the molecule is Cc1ncc(-c2ccn([C@@H]3O[C@H](CO)[C@@H](O)C3(F)F)c(=O)n2)c(C(N)=O)n1. The van der Waals surface area contributed by atoms with Crippen molar-refractivity contribution in [2.24, 2.45) is 5.73 Å². The number of carbonyl (C=O) groups excluding carboxylic acids is 1. The van der Waals surface area contributed by atoms with Crippen molar-refractivity contribution in [1.82, 2.24) is 19.5 Å². The van der Waals surface area contributed by atoms with E-state index in [1.165, 1.54) is 19.2 Å². The number of aliphatic hydroxyl groups is 2. The van der Waals surface area contributed by atoms with E-state index in [-0.39, 0.29) is 22.8 Å². The monoisotopic (exact) mass is 383 g/mol. The normalized spacial score (nSPS) is 24.1. The predicted molar refractivity (Wildman–Crippen MR) is 84.7 cm³/mol. The van der Waals surface area contributed by atoms with E-state index in [0.717, 1.165) is 6.20 Å². The minimum Gasteiger partial charge on any atom is -0.394 e. The van der Waals surface area contributed by atoms with Gasteiger partial charge < -0.3 is 20.7 Å². The van der Waals surface area contributed by atoms with Gasteiger partial charge in [0.05, 0.1) is 17.9 Å². The van der Waals surface area contributed by atoms with Gasteiger partial charge >= 0.3 is 11.6 Å². The molecule has 0 saturated carbocycles. The van der Waals surface area contributed by atoms with Gasteiger partial charge in [0.1, 0.15) is 17.6 Å². The third-order valence-corrected chi connectivity index (χ3v) is 4.06. The van der Waals surface area contributed by atoms with Crippen LogP contribution in [-0.2, 0) is 4.74 Å². The molecule has 144 valence electrons. The number of halogens is 2. The summed E-state index contributed by atoms with van der Waals surface area (Å²) in [7, 11) is 0. The van der Waals surface area contributed by atoms with Crippen molar-refractivity contribution in [3.8, 4) is 11.3 Å². The number of nitrogens with two attached hydrogens (primary N) is 1. The summed E-state index contributed by atoms with van der Waals surface area (Å²) in [4.78, 5) is 35.3. The summed E-state index contributed by atoms with van der Waals surface area (Å²) in [6.07, 6.45) is -3.78. The quantitative estimate of drug-likeness (QED) is 0.607. The number of alkyl halides is 2. The molecule has 1 aliphatic heterocycles. The third-order valence-electron chi connectivity index (χ3n) is 4.06. The largest absolute Gasteiger partial charge is 0.394 e. The van der Waals surface area contributed by atoms with Gasteiger partial charge in [-0.3, -0.25) is 9.36 Å². The average molecular weight is 383 g/mol. The number of rotatable bonds is 4. The van der Waals surface area contributed by atoms with Crippen LogP contribution in [0.4, 0.5) is 8.78 Å². The standard InChI is InChI=1S/C15H15F2N5O5/c1-6-19-4-7(10(20-6)12(18)25)8-2-3-22(14(26)21-8)13-15(16,17)11(24)9(5-23)27-13/h2-4,9,11,13,23-24H,5H2,1H3,(H2,18,25)/t9-,11-,13-/m1/s1. The van der Waals surface area contributed by atoms with E-state index in [2.05, 4.69) is 15.0 Å². The van der Waals surface area contributed by atoms with Crippen LogP contribution in [0.2, 0.25) is 0 Å². The van der Waals surface area contributed by atoms with E-state index in [1.54, 1.807) is 0 Å².